The van der Waals surface area contributed by atoms with Crippen molar-refractivity contribution in [3.8, 4) is 0 Å². The van der Waals surface area contributed by atoms with Crippen LogP contribution in [0.5, 0.6) is 0 Å². The summed E-state index contributed by atoms with van der Waals surface area (Å²) in [5.41, 5.74) is 2.77. The molecule has 2 nitrogen and oxygen atoms in total. The van der Waals surface area contributed by atoms with Gasteiger partial charge in [-0.3, -0.25) is 4.79 Å². The third kappa shape index (κ3) is 7.70. The number of carbonyl (C=O) groups excluding carboxylic acids is 1. The molecule has 0 heterocycles. The predicted octanol–water partition coefficient (Wildman–Crippen LogP) is 9.34. The summed E-state index contributed by atoms with van der Waals surface area (Å²) in [5.74, 6) is 4.52. The molecule has 0 atom stereocenters. The van der Waals surface area contributed by atoms with Gasteiger partial charge in [0, 0.05) is 0 Å². The van der Waals surface area contributed by atoms with Gasteiger partial charge in [-0.15, -0.1) is 0 Å². The Balaban J connectivity index is 1.16. The zero-order valence-electron chi connectivity index (χ0n) is 22.6. The first-order valence-electron chi connectivity index (χ1n) is 15.0. The number of methoxy groups -OCH3 is 1. The molecule has 0 bridgehead atoms. The van der Waals surface area contributed by atoms with Gasteiger partial charge in [-0.1, -0.05) is 81.9 Å². The van der Waals surface area contributed by atoms with E-state index in [0.29, 0.717) is 5.92 Å². The Morgan fingerprint density at radius 1 is 0.829 bits per heavy atom. The monoisotopic (exact) mass is 478 g/mol. The van der Waals surface area contributed by atoms with E-state index in [1.165, 1.54) is 95.3 Å². The van der Waals surface area contributed by atoms with Crippen LogP contribution in [0.3, 0.4) is 0 Å². The molecule has 35 heavy (non-hydrogen) atoms. The average Bonchev–Trinajstić information content (AvgIpc) is 2.93. The van der Waals surface area contributed by atoms with Crippen LogP contribution in [0, 0.1) is 29.6 Å². The molecular formula is C33H50O2. The molecule has 0 amide bonds. The molecule has 0 aromatic heterocycles. The van der Waals surface area contributed by atoms with Crippen LogP contribution >= 0.6 is 0 Å². The number of allylic oxidation sites excluding steroid dienone is 1. The lowest BCUT2D eigenvalue weighted by Gasteiger charge is -2.37. The molecule has 0 aliphatic heterocycles. The maximum absolute atomic E-state index is 11.8. The molecule has 0 unspecified atom stereocenters. The van der Waals surface area contributed by atoms with Crippen LogP contribution in [0.4, 0.5) is 0 Å². The number of benzene rings is 1. The van der Waals surface area contributed by atoms with E-state index < -0.39 is 0 Å². The lowest BCUT2D eigenvalue weighted by Crippen LogP contribution is -2.25. The summed E-state index contributed by atoms with van der Waals surface area (Å²) in [6.45, 7) is 2.32. The number of rotatable bonds is 9. The highest BCUT2D eigenvalue weighted by atomic mass is 16.5. The predicted molar refractivity (Wildman–Crippen MR) is 147 cm³/mol. The molecule has 1 aromatic rings. The molecule has 4 rings (SSSR count). The Morgan fingerprint density at radius 2 is 1.46 bits per heavy atom. The minimum atomic E-state index is -0.0249. The van der Waals surface area contributed by atoms with E-state index in [2.05, 4.69) is 43.3 Å². The maximum atomic E-state index is 11.8. The molecule has 3 aliphatic rings. The van der Waals surface area contributed by atoms with Crippen molar-refractivity contribution in [1.82, 2.24) is 0 Å². The third-order valence-corrected chi connectivity index (χ3v) is 9.82. The van der Waals surface area contributed by atoms with E-state index in [9.17, 15) is 4.79 Å². The van der Waals surface area contributed by atoms with E-state index in [0.717, 1.165) is 49.4 Å². The second kappa shape index (κ2) is 13.7. The molecule has 0 N–H and O–H groups in total. The first-order valence-corrected chi connectivity index (χ1v) is 15.0. The van der Waals surface area contributed by atoms with Gasteiger partial charge >= 0.3 is 5.97 Å². The summed E-state index contributed by atoms with van der Waals surface area (Å²) in [5, 5.41) is 0. The number of hydrogen-bond donors (Lipinski definition) is 0. The van der Waals surface area contributed by atoms with Crippen LogP contribution in [0.2, 0.25) is 0 Å². The molecule has 1 aromatic carbocycles. The van der Waals surface area contributed by atoms with Crippen LogP contribution in [-0.2, 0) is 9.53 Å². The molecule has 3 fully saturated rings. The van der Waals surface area contributed by atoms with Gasteiger partial charge in [0.2, 0.25) is 0 Å². The molecule has 0 saturated heterocycles. The van der Waals surface area contributed by atoms with Crippen LogP contribution in [0.15, 0.2) is 30.3 Å². The van der Waals surface area contributed by atoms with Crippen molar-refractivity contribution >= 4 is 12.0 Å². The summed E-state index contributed by atoms with van der Waals surface area (Å²) in [7, 11) is 1.51. The van der Waals surface area contributed by atoms with E-state index in [1.54, 1.807) is 0 Å². The fourth-order valence-electron chi connectivity index (χ4n) is 7.40. The van der Waals surface area contributed by atoms with Crippen LogP contribution < -0.4 is 0 Å². The van der Waals surface area contributed by atoms with Gasteiger partial charge in [0.1, 0.15) is 0 Å². The minimum absolute atomic E-state index is 0.0249. The highest BCUT2D eigenvalue weighted by Crippen LogP contribution is 2.43. The van der Waals surface area contributed by atoms with Crippen molar-refractivity contribution in [2.75, 3.05) is 7.11 Å². The van der Waals surface area contributed by atoms with Gasteiger partial charge in [0.15, 0.2) is 0 Å². The topological polar surface area (TPSA) is 26.3 Å². The zero-order valence-corrected chi connectivity index (χ0v) is 22.6. The van der Waals surface area contributed by atoms with Crippen LogP contribution in [0.1, 0.15) is 127 Å². The lowest BCUT2D eigenvalue weighted by atomic mass is 9.68. The fourth-order valence-corrected chi connectivity index (χ4v) is 7.40. The minimum Gasteiger partial charge on any atom is -0.469 e. The molecule has 0 radical (unpaired) electrons. The average molecular weight is 479 g/mol. The zero-order chi connectivity index (χ0) is 24.5. The van der Waals surface area contributed by atoms with Crippen molar-refractivity contribution in [2.45, 2.75) is 116 Å². The van der Waals surface area contributed by atoms with Gasteiger partial charge in [-0.05, 0) is 105 Å². The first-order chi connectivity index (χ1) is 17.2. The van der Waals surface area contributed by atoms with Gasteiger partial charge < -0.3 is 4.74 Å². The van der Waals surface area contributed by atoms with Crippen LogP contribution in [-0.4, -0.2) is 13.1 Å². The Bertz CT molecular complexity index is 770. The standard InChI is InChI=1S/C33H50O2/c1-3-4-5-6-25-9-15-28(16-10-25)29-17-11-26(12-18-29)7-8-27-13-19-30(20-14-27)31-21-23-32(24-22-31)33(34)35-2/h7-8,13-14,19-20,25-26,28-29,31-32H,3-6,9-12,15-18,21-24H2,1-2H3. The van der Waals surface area contributed by atoms with Crippen molar-refractivity contribution < 1.29 is 9.53 Å². The normalized spacial score (nSPS) is 31.9. The Kier molecular flexibility index (Phi) is 10.3. The molecule has 3 saturated carbocycles. The smallest absolute Gasteiger partial charge is 0.308 e. The lowest BCUT2D eigenvalue weighted by molar-refractivity contribution is -0.146. The fraction of sp³-hybridized carbons (Fsp3) is 0.727. The summed E-state index contributed by atoms with van der Waals surface area (Å²) in [4.78, 5) is 11.8. The Hall–Kier alpha value is -1.57. The largest absolute Gasteiger partial charge is 0.469 e. The van der Waals surface area contributed by atoms with Crippen molar-refractivity contribution in [1.29, 1.82) is 0 Å². The molecular weight excluding hydrogens is 428 g/mol. The number of esters is 1. The Morgan fingerprint density at radius 3 is 2.06 bits per heavy atom. The van der Waals surface area contributed by atoms with Crippen molar-refractivity contribution in [3.63, 3.8) is 0 Å². The van der Waals surface area contributed by atoms with E-state index in [-0.39, 0.29) is 11.9 Å². The molecule has 2 heteroatoms. The van der Waals surface area contributed by atoms with E-state index in [1.807, 2.05) is 0 Å². The number of ether oxygens (including phenoxy) is 1. The summed E-state index contributed by atoms with van der Waals surface area (Å²) < 4.78 is 4.93. The maximum Gasteiger partial charge on any atom is 0.308 e. The summed E-state index contributed by atoms with van der Waals surface area (Å²) >= 11 is 0. The van der Waals surface area contributed by atoms with Gasteiger partial charge in [-0.2, -0.15) is 0 Å². The summed E-state index contributed by atoms with van der Waals surface area (Å²) in [6, 6.07) is 9.22. The van der Waals surface area contributed by atoms with Gasteiger partial charge in [0.05, 0.1) is 13.0 Å². The van der Waals surface area contributed by atoms with Gasteiger partial charge in [0.25, 0.3) is 0 Å². The van der Waals surface area contributed by atoms with Gasteiger partial charge in [-0.25, -0.2) is 0 Å². The van der Waals surface area contributed by atoms with E-state index in [4.69, 9.17) is 4.74 Å². The first kappa shape index (κ1) is 26.5. The number of hydrogen-bond acceptors (Lipinski definition) is 2. The quantitative estimate of drug-likeness (QED) is 0.261. The van der Waals surface area contributed by atoms with Crippen LogP contribution in [0.25, 0.3) is 6.08 Å². The van der Waals surface area contributed by atoms with Crippen molar-refractivity contribution in [3.05, 3.63) is 41.5 Å². The SMILES string of the molecule is CCCCCC1CCC(C2CCC(C=Cc3ccc(C4CCC(C(=O)OC)CC4)cc3)CC2)CC1. The number of carbonyl (C=O) groups is 1. The summed E-state index contributed by atoms with van der Waals surface area (Å²) in [6.07, 6.45) is 26.5. The van der Waals surface area contributed by atoms with E-state index >= 15 is 0 Å². The Labute approximate surface area is 215 Å². The third-order valence-electron chi connectivity index (χ3n) is 9.82. The molecule has 3 aliphatic carbocycles. The molecule has 0 spiro atoms. The second-order valence-corrected chi connectivity index (χ2v) is 12.0. The highest BCUT2D eigenvalue weighted by Gasteiger charge is 2.30. The second-order valence-electron chi connectivity index (χ2n) is 12.0. The number of unbranched alkanes of at least 4 members (excludes halogenated alkanes) is 2. The molecule has 194 valence electrons. The highest BCUT2D eigenvalue weighted by molar-refractivity contribution is 5.72. The van der Waals surface area contributed by atoms with Crippen molar-refractivity contribution in [2.24, 2.45) is 29.6 Å².